The third kappa shape index (κ3) is 5.70. The molecule has 0 unspecified atom stereocenters. The van der Waals surface area contributed by atoms with E-state index in [-0.39, 0.29) is 30.6 Å². The van der Waals surface area contributed by atoms with Crippen LogP contribution in [0.4, 0.5) is 0 Å². The van der Waals surface area contributed by atoms with Gasteiger partial charge in [0, 0.05) is 12.8 Å². The first-order valence-electron chi connectivity index (χ1n) is 5.58. The van der Waals surface area contributed by atoms with Crippen LogP contribution in [0, 0.1) is 0 Å². The van der Waals surface area contributed by atoms with Crippen molar-refractivity contribution in [1.82, 2.24) is 5.32 Å². The normalized spacial score (nSPS) is 19.2. The summed E-state index contributed by atoms with van der Waals surface area (Å²) in [5.74, 6) is -0.245. The average molecular weight is 285 g/mol. The molecule has 1 fully saturated rings. The van der Waals surface area contributed by atoms with Gasteiger partial charge in [0.2, 0.25) is 5.91 Å². The minimum absolute atomic E-state index is 0. The number of hydrogen-bond acceptors (Lipinski definition) is 4. The van der Waals surface area contributed by atoms with Gasteiger partial charge in [-0.25, -0.2) is 8.42 Å². The van der Waals surface area contributed by atoms with Crippen LogP contribution < -0.4 is 11.1 Å². The van der Waals surface area contributed by atoms with E-state index >= 15 is 0 Å². The standard InChI is InChI=1S/C10H20N2O3S.ClH/c1-16(14,15)8-7-12-9(13)10(11)5-3-2-4-6-10;/h2-8,11H2,1H3,(H,12,13);1H. The fourth-order valence-electron chi connectivity index (χ4n) is 1.94. The van der Waals surface area contributed by atoms with Crippen LogP contribution in [0.1, 0.15) is 32.1 Å². The number of nitrogens with one attached hydrogen (secondary N) is 1. The summed E-state index contributed by atoms with van der Waals surface area (Å²) in [5.41, 5.74) is 5.21. The number of hydrogen-bond donors (Lipinski definition) is 2. The molecular formula is C10H21ClN2O3S. The van der Waals surface area contributed by atoms with E-state index in [0.29, 0.717) is 12.8 Å². The van der Waals surface area contributed by atoms with Crippen molar-refractivity contribution >= 4 is 28.2 Å². The highest BCUT2D eigenvalue weighted by molar-refractivity contribution is 7.90. The second-order valence-corrected chi connectivity index (χ2v) is 6.86. The SMILES string of the molecule is CS(=O)(=O)CCNC(=O)C1(N)CCCCC1.Cl. The lowest BCUT2D eigenvalue weighted by atomic mass is 9.82. The molecule has 1 aliphatic carbocycles. The zero-order chi connectivity index (χ0) is 12.2. The van der Waals surface area contributed by atoms with E-state index in [1.54, 1.807) is 0 Å². The van der Waals surface area contributed by atoms with Crippen molar-refractivity contribution in [1.29, 1.82) is 0 Å². The maximum absolute atomic E-state index is 11.8. The van der Waals surface area contributed by atoms with Crippen molar-refractivity contribution in [3.8, 4) is 0 Å². The Morgan fingerprint density at radius 2 is 1.82 bits per heavy atom. The molecule has 0 bridgehead atoms. The highest BCUT2D eigenvalue weighted by Crippen LogP contribution is 2.25. The summed E-state index contributed by atoms with van der Waals surface area (Å²) in [5, 5.41) is 2.61. The predicted octanol–water partition coefficient (Wildman–Crippen LogP) is 0.231. The Hall–Kier alpha value is -0.330. The van der Waals surface area contributed by atoms with Crippen molar-refractivity contribution in [2.75, 3.05) is 18.6 Å². The molecule has 0 atom stereocenters. The quantitative estimate of drug-likeness (QED) is 0.773. The Kier molecular flexibility index (Phi) is 6.43. The second-order valence-electron chi connectivity index (χ2n) is 4.60. The van der Waals surface area contributed by atoms with Crippen molar-refractivity contribution in [3.63, 3.8) is 0 Å². The number of amides is 1. The third-order valence-corrected chi connectivity index (χ3v) is 3.90. The maximum atomic E-state index is 11.8. The molecule has 0 aromatic rings. The van der Waals surface area contributed by atoms with E-state index in [2.05, 4.69) is 5.32 Å². The highest BCUT2D eigenvalue weighted by atomic mass is 35.5. The van der Waals surface area contributed by atoms with Crippen LogP contribution in [0.25, 0.3) is 0 Å². The van der Waals surface area contributed by atoms with Crippen LogP contribution in [-0.4, -0.2) is 38.4 Å². The van der Waals surface area contributed by atoms with Gasteiger partial charge in [-0.15, -0.1) is 12.4 Å². The zero-order valence-electron chi connectivity index (χ0n) is 10.1. The third-order valence-electron chi connectivity index (χ3n) is 2.96. The second kappa shape index (κ2) is 6.56. The Balaban J connectivity index is 0.00000256. The summed E-state index contributed by atoms with van der Waals surface area (Å²) in [4.78, 5) is 11.8. The molecule has 1 aliphatic rings. The number of carbonyl (C=O) groups is 1. The lowest BCUT2D eigenvalue weighted by Gasteiger charge is -2.31. The van der Waals surface area contributed by atoms with Gasteiger partial charge >= 0.3 is 0 Å². The van der Waals surface area contributed by atoms with Gasteiger partial charge in [-0.1, -0.05) is 19.3 Å². The fraction of sp³-hybridized carbons (Fsp3) is 0.900. The van der Waals surface area contributed by atoms with Gasteiger partial charge < -0.3 is 11.1 Å². The smallest absolute Gasteiger partial charge is 0.240 e. The van der Waals surface area contributed by atoms with Gasteiger partial charge in [-0.3, -0.25) is 4.79 Å². The monoisotopic (exact) mass is 284 g/mol. The molecule has 17 heavy (non-hydrogen) atoms. The van der Waals surface area contributed by atoms with Crippen molar-refractivity contribution < 1.29 is 13.2 Å². The minimum Gasteiger partial charge on any atom is -0.353 e. The van der Waals surface area contributed by atoms with Gasteiger partial charge in [0.15, 0.2) is 0 Å². The molecule has 0 saturated heterocycles. The maximum Gasteiger partial charge on any atom is 0.240 e. The first-order valence-corrected chi connectivity index (χ1v) is 7.64. The lowest BCUT2D eigenvalue weighted by Crippen LogP contribution is -2.55. The van der Waals surface area contributed by atoms with Gasteiger partial charge in [0.1, 0.15) is 9.84 Å². The van der Waals surface area contributed by atoms with E-state index in [0.717, 1.165) is 25.5 Å². The Morgan fingerprint density at radius 1 is 1.29 bits per heavy atom. The van der Waals surface area contributed by atoms with Crippen molar-refractivity contribution in [2.45, 2.75) is 37.6 Å². The van der Waals surface area contributed by atoms with Crippen LogP contribution in [0.3, 0.4) is 0 Å². The number of sulfone groups is 1. The Labute approximate surface area is 109 Å². The molecular weight excluding hydrogens is 264 g/mol. The fourth-order valence-corrected chi connectivity index (χ4v) is 2.41. The first-order chi connectivity index (χ1) is 7.33. The highest BCUT2D eigenvalue weighted by Gasteiger charge is 2.34. The van der Waals surface area contributed by atoms with Gasteiger partial charge in [0.25, 0.3) is 0 Å². The van der Waals surface area contributed by atoms with E-state index in [9.17, 15) is 13.2 Å². The number of rotatable bonds is 4. The topological polar surface area (TPSA) is 89.3 Å². The molecule has 7 heteroatoms. The summed E-state index contributed by atoms with van der Waals surface area (Å²) in [6.07, 6.45) is 5.59. The van der Waals surface area contributed by atoms with E-state index in [1.165, 1.54) is 0 Å². The van der Waals surface area contributed by atoms with E-state index in [1.807, 2.05) is 0 Å². The molecule has 1 saturated carbocycles. The van der Waals surface area contributed by atoms with Gasteiger partial charge in [0.05, 0.1) is 11.3 Å². The molecule has 0 aliphatic heterocycles. The van der Waals surface area contributed by atoms with E-state index in [4.69, 9.17) is 5.73 Å². The molecule has 0 spiro atoms. The average Bonchev–Trinajstić information content (AvgIpc) is 2.16. The molecule has 0 radical (unpaired) electrons. The molecule has 1 rings (SSSR count). The number of halogens is 1. The zero-order valence-corrected chi connectivity index (χ0v) is 11.7. The molecule has 102 valence electrons. The summed E-state index contributed by atoms with van der Waals surface area (Å²) < 4.78 is 21.8. The van der Waals surface area contributed by atoms with Gasteiger partial charge in [-0.2, -0.15) is 0 Å². The summed E-state index contributed by atoms with van der Waals surface area (Å²) in [7, 11) is -3.03. The number of nitrogens with two attached hydrogens (primary N) is 1. The van der Waals surface area contributed by atoms with Crippen LogP contribution in [0.2, 0.25) is 0 Å². The largest absolute Gasteiger partial charge is 0.353 e. The van der Waals surface area contributed by atoms with Crippen molar-refractivity contribution in [2.24, 2.45) is 5.73 Å². The predicted molar refractivity (Wildman–Crippen MR) is 70.0 cm³/mol. The van der Waals surface area contributed by atoms with Gasteiger partial charge in [-0.05, 0) is 12.8 Å². The van der Waals surface area contributed by atoms with Crippen LogP contribution in [-0.2, 0) is 14.6 Å². The molecule has 1 amide bonds. The van der Waals surface area contributed by atoms with Crippen molar-refractivity contribution in [3.05, 3.63) is 0 Å². The summed E-state index contributed by atoms with van der Waals surface area (Å²) in [6, 6.07) is 0. The summed E-state index contributed by atoms with van der Waals surface area (Å²) in [6.45, 7) is 0.149. The molecule has 5 nitrogen and oxygen atoms in total. The summed E-state index contributed by atoms with van der Waals surface area (Å²) >= 11 is 0. The number of carbonyl (C=O) groups excluding carboxylic acids is 1. The van der Waals surface area contributed by atoms with Crippen LogP contribution in [0.5, 0.6) is 0 Å². The van der Waals surface area contributed by atoms with Crippen LogP contribution >= 0.6 is 12.4 Å². The lowest BCUT2D eigenvalue weighted by molar-refractivity contribution is -0.127. The molecule has 0 aromatic heterocycles. The Bertz CT molecular complexity index is 351. The molecule has 0 heterocycles. The first kappa shape index (κ1) is 16.7. The molecule has 0 aromatic carbocycles. The molecule has 3 N–H and O–H groups in total. The van der Waals surface area contributed by atoms with E-state index < -0.39 is 15.4 Å². The minimum atomic E-state index is -3.03. The van der Waals surface area contributed by atoms with Crippen LogP contribution in [0.15, 0.2) is 0 Å². The Morgan fingerprint density at radius 3 is 2.29 bits per heavy atom.